The van der Waals surface area contributed by atoms with E-state index >= 15 is 0 Å². The lowest BCUT2D eigenvalue weighted by atomic mass is 9.81. The number of aliphatic hydroxyl groups excluding tert-OH is 1. The summed E-state index contributed by atoms with van der Waals surface area (Å²) in [5.41, 5.74) is 6.00. The van der Waals surface area contributed by atoms with Crippen molar-refractivity contribution < 1.29 is 19.8 Å². The molecule has 8 heteroatoms. The predicted octanol–water partition coefficient (Wildman–Crippen LogP) is 5.28. The Morgan fingerprint density at radius 3 is 2.37 bits per heavy atom. The van der Waals surface area contributed by atoms with Crippen LogP contribution in [-0.2, 0) is 11.3 Å². The molecule has 2 fully saturated rings. The number of nitrogens with zero attached hydrogens (tertiary/aromatic N) is 3. The normalized spacial score (nSPS) is 18.4. The van der Waals surface area contributed by atoms with Gasteiger partial charge in [0.05, 0.1) is 23.9 Å². The molecule has 202 valence electrons. The molecule has 2 aliphatic heterocycles. The van der Waals surface area contributed by atoms with Crippen LogP contribution in [-0.4, -0.2) is 63.8 Å². The number of anilines is 1. The van der Waals surface area contributed by atoms with Crippen molar-refractivity contribution in [3.05, 3.63) is 53.6 Å². The van der Waals surface area contributed by atoms with Crippen LogP contribution in [0.25, 0.3) is 22.2 Å². The second-order valence-electron chi connectivity index (χ2n) is 10.8. The van der Waals surface area contributed by atoms with E-state index in [1.807, 2.05) is 23.1 Å². The number of para-hydroxylation sites is 1. The lowest BCUT2D eigenvalue weighted by Crippen LogP contribution is -2.45. The molecule has 7 nitrogen and oxygen atoms in total. The Kier molecular flexibility index (Phi) is 7.68. The Bertz CT molecular complexity index is 1340. The van der Waals surface area contributed by atoms with E-state index in [4.69, 9.17) is 0 Å². The molecular weight excluding hydrogens is 502 g/mol. The van der Waals surface area contributed by atoms with Gasteiger partial charge >= 0.3 is 5.97 Å². The van der Waals surface area contributed by atoms with Crippen molar-refractivity contribution >= 4 is 40.9 Å². The Labute approximate surface area is 229 Å². The zero-order valence-electron chi connectivity index (χ0n) is 21.6. The van der Waals surface area contributed by atoms with Gasteiger partial charge in [0.25, 0.3) is 0 Å². The van der Waals surface area contributed by atoms with Crippen molar-refractivity contribution in [2.24, 2.45) is 0 Å². The SMILES string of the molecule is Cl.O=C(O)c1ccc2c(C3CCCCC3)c3n(c2c1)CCN(CC(=O)N1CCC(O)CC1)c1ccccc1-3. The maximum atomic E-state index is 13.3. The molecule has 0 bridgehead atoms. The number of halogens is 1. The number of rotatable bonds is 4. The molecule has 1 saturated carbocycles. The molecule has 6 rings (SSSR count). The second-order valence-corrected chi connectivity index (χ2v) is 10.8. The van der Waals surface area contributed by atoms with E-state index in [9.17, 15) is 19.8 Å². The zero-order valence-corrected chi connectivity index (χ0v) is 22.5. The molecule has 1 aliphatic carbocycles. The Balaban J connectivity index is 0.00000294. The summed E-state index contributed by atoms with van der Waals surface area (Å²) in [6, 6.07) is 14.0. The van der Waals surface area contributed by atoms with Crippen molar-refractivity contribution in [3.8, 4) is 11.3 Å². The maximum absolute atomic E-state index is 13.3. The molecule has 0 spiro atoms. The number of likely N-dealkylation sites (tertiary alicyclic amines) is 1. The van der Waals surface area contributed by atoms with Crippen LogP contribution in [0.2, 0.25) is 0 Å². The van der Waals surface area contributed by atoms with Gasteiger partial charge in [-0.25, -0.2) is 4.79 Å². The number of amides is 1. The van der Waals surface area contributed by atoms with Crippen LogP contribution in [0.5, 0.6) is 0 Å². The largest absolute Gasteiger partial charge is 0.478 e. The predicted molar refractivity (Wildman–Crippen MR) is 151 cm³/mol. The quantitative estimate of drug-likeness (QED) is 0.473. The molecule has 3 aliphatic rings. The molecule has 3 aromatic rings. The topological polar surface area (TPSA) is 86.0 Å². The minimum atomic E-state index is -0.912. The number of hydrogen-bond acceptors (Lipinski definition) is 4. The Morgan fingerprint density at radius 1 is 0.895 bits per heavy atom. The average molecular weight is 538 g/mol. The van der Waals surface area contributed by atoms with Crippen molar-refractivity contribution in [1.82, 2.24) is 9.47 Å². The molecule has 0 atom stereocenters. The Morgan fingerprint density at radius 2 is 1.63 bits per heavy atom. The highest BCUT2D eigenvalue weighted by Gasteiger charge is 2.32. The fraction of sp³-hybridized carbons (Fsp3) is 0.467. The third-order valence-corrected chi connectivity index (χ3v) is 8.60. The van der Waals surface area contributed by atoms with Crippen LogP contribution in [0.1, 0.15) is 66.8 Å². The monoisotopic (exact) mass is 537 g/mol. The number of aromatic nitrogens is 1. The van der Waals surface area contributed by atoms with Gasteiger partial charge in [0.2, 0.25) is 5.91 Å². The molecule has 2 aromatic carbocycles. The van der Waals surface area contributed by atoms with E-state index in [2.05, 4.69) is 27.7 Å². The summed E-state index contributed by atoms with van der Waals surface area (Å²) in [4.78, 5) is 29.2. The number of carbonyl (C=O) groups excluding carboxylic acids is 1. The molecular formula is C30H36ClN3O4. The summed E-state index contributed by atoms with van der Waals surface area (Å²) in [7, 11) is 0. The Hall–Kier alpha value is -3.03. The van der Waals surface area contributed by atoms with Crippen molar-refractivity contribution in [3.63, 3.8) is 0 Å². The third kappa shape index (κ3) is 4.78. The average Bonchev–Trinajstić information content (AvgIpc) is 3.16. The fourth-order valence-corrected chi connectivity index (χ4v) is 6.67. The van der Waals surface area contributed by atoms with Gasteiger partial charge in [-0.2, -0.15) is 0 Å². The van der Waals surface area contributed by atoms with Gasteiger partial charge in [-0.3, -0.25) is 4.79 Å². The standard InChI is InChI=1S/C30H35N3O4.ClH/c34-22-12-14-31(15-13-22)27(35)19-32-16-17-33-26-18-21(30(36)37)10-11-23(26)28(20-6-2-1-3-7-20)29(33)24-8-4-5-9-25(24)32;/h4-5,8-11,18,20,22,34H,1-3,6-7,12-17,19H2,(H,36,37);1H. The lowest BCUT2D eigenvalue weighted by Gasteiger charge is -2.32. The third-order valence-electron chi connectivity index (χ3n) is 8.60. The minimum Gasteiger partial charge on any atom is -0.478 e. The van der Waals surface area contributed by atoms with E-state index in [1.54, 1.807) is 6.07 Å². The molecule has 0 unspecified atom stereocenters. The lowest BCUT2D eigenvalue weighted by molar-refractivity contribution is -0.131. The van der Waals surface area contributed by atoms with Gasteiger partial charge in [-0.1, -0.05) is 43.5 Å². The first-order valence-electron chi connectivity index (χ1n) is 13.7. The van der Waals surface area contributed by atoms with Crippen LogP contribution < -0.4 is 4.90 Å². The summed E-state index contributed by atoms with van der Waals surface area (Å²) >= 11 is 0. The maximum Gasteiger partial charge on any atom is 0.335 e. The number of piperidine rings is 1. The number of carbonyl (C=O) groups is 2. The van der Waals surface area contributed by atoms with Gasteiger partial charge in [0.1, 0.15) is 0 Å². The molecule has 3 heterocycles. The van der Waals surface area contributed by atoms with Gasteiger partial charge in [0.15, 0.2) is 0 Å². The molecule has 0 radical (unpaired) electrons. The number of fused-ring (bicyclic) bond motifs is 5. The number of carboxylic acid groups (broad SMARTS) is 1. The number of aromatic carboxylic acids is 1. The second kappa shape index (κ2) is 11.0. The minimum absolute atomic E-state index is 0. The highest BCUT2D eigenvalue weighted by atomic mass is 35.5. The van der Waals surface area contributed by atoms with Crippen molar-refractivity contribution in [2.75, 3.05) is 31.1 Å². The van der Waals surface area contributed by atoms with Crippen LogP contribution in [0.3, 0.4) is 0 Å². The molecule has 1 amide bonds. The van der Waals surface area contributed by atoms with E-state index in [0.29, 0.717) is 57.0 Å². The van der Waals surface area contributed by atoms with Crippen molar-refractivity contribution in [1.29, 1.82) is 0 Å². The summed E-state index contributed by atoms with van der Waals surface area (Å²) in [5, 5.41) is 20.7. The number of carboxylic acids is 1. The smallest absolute Gasteiger partial charge is 0.335 e. The summed E-state index contributed by atoms with van der Waals surface area (Å²) < 4.78 is 2.31. The van der Waals surface area contributed by atoms with E-state index in [-0.39, 0.29) is 24.4 Å². The van der Waals surface area contributed by atoms with Crippen LogP contribution in [0.15, 0.2) is 42.5 Å². The van der Waals surface area contributed by atoms with Crippen molar-refractivity contribution in [2.45, 2.75) is 63.5 Å². The summed E-state index contributed by atoms with van der Waals surface area (Å²) in [6.07, 6.45) is 6.97. The van der Waals surface area contributed by atoms with Gasteiger partial charge in [-0.05, 0) is 55.4 Å². The van der Waals surface area contributed by atoms with E-state index in [0.717, 1.165) is 35.0 Å². The highest BCUT2D eigenvalue weighted by molar-refractivity contribution is 6.00. The van der Waals surface area contributed by atoms with E-state index < -0.39 is 5.97 Å². The van der Waals surface area contributed by atoms with E-state index in [1.165, 1.54) is 30.5 Å². The number of aliphatic hydroxyl groups is 1. The van der Waals surface area contributed by atoms with Crippen LogP contribution in [0, 0.1) is 0 Å². The van der Waals surface area contributed by atoms with Gasteiger partial charge in [-0.15, -0.1) is 12.4 Å². The first-order chi connectivity index (χ1) is 18.0. The summed E-state index contributed by atoms with van der Waals surface area (Å²) in [5.74, 6) is -0.368. The van der Waals surface area contributed by atoms with Crippen LogP contribution in [0.4, 0.5) is 5.69 Å². The highest BCUT2D eigenvalue weighted by Crippen LogP contribution is 2.47. The van der Waals surface area contributed by atoms with Gasteiger partial charge < -0.3 is 24.6 Å². The first kappa shape index (κ1) is 26.6. The molecule has 1 saturated heterocycles. The fourth-order valence-electron chi connectivity index (χ4n) is 6.67. The molecule has 38 heavy (non-hydrogen) atoms. The first-order valence-corrected chi connectivity index (χ1v) is 13.7. The summed E-state index contributed by atoms with van der Waals surface area (Å²) in [6.45, 7) is 2.85. The molecule has 1 aromatic heterocycles. The number of benzene rings is 2. The van der Waals surface area contributed by atoms with Crippen LogP contribution >= 0.6 is 12.4 Å². The molecule has 2 N–H and O–H groups in total. The number of hydrogen-bond donors (Lipinski definition) is 2. The zero-order chi connectivity index (χ0) is 25.5. The van der Waals surface area contributed by atoms with Gasteiger partial charge in [0, 0.05) is 48.3 Å².